The number of fused-ring (bicyclic) bond motifs is 1. The van der Waals surface area contributed by atoms with Crippen LogP contribution in [0.1, 0.15) is 43.4 Å². The molecule has 1 atom stereocenters. The van der Waals surface area contributed by atoms with E-state index in [1.165, 1.54) is 5.56 Å². The zero-order valence-corrected chi connectivity index (χ0v) is 12.8. The Hall–Kier alpha value is -1.62. The Morgan fingerprint density at radius 1 is 1.52 bits per heavy atom. The average Bonchev–Trinajstić information content (AvgIpc) is 3.15. The second kappa shape index (κ2) is 6.02. The number of aromatic nitrogens is 2. The highest BCUT2D eigenvalue weighted by Crippen LogP contribution is 2.30. The summed E-state index contributed by atoms with van der Waals surface area (Å²) in [5.41, 5.74) is 3.24. The van der Waals surface area contributed by atoms with Crippen molar-refractivity contribution in [3.05, 3.63) is 29.1 Å². The number of carbonyl (C=O) groups is 1. The number of amides is 1. The zero-order valence-electron chi connectivity index (χ0n) is 12.8. The number of ether oxygens (including phenoxy) is 1. The van der Waals surface area contributed by atoms with Crippen LogP contribution in [-0.4, -0.2) is 40.8 Å². The standard InChI is InChI=1S/C16H23N3O2/c1-3-19-9-14-13(11-21-2)8-18(10-15(14)17-19)16(20)12-6-4-5-7-12/h6,9,13H,3-5,7-8,10-11H2,1-2H3/t13-/m1/s1. The van der Waals surface area contributed by atoms with Crippen LogP contribution in [0.25, 0.3) is 0 Å². The highest BCUT2D eigenvalue weighted by atomic mass is 16.5. The molecule has 0 spiro atoms. The van der Waals surface area contributed by atoms with Crippen LogP contribution in [0, 0.1) is 0 Å². The van der Waals surface area contributed by atoms with E-state index < -0.39 is 0 Å². The molecule has 1 aromatic heterocycles. The summed E-state index contributed by atoms with van der Waals surface area (Å²) in [5.74, 6) is 0.412. The van der Waals surface area contributed by atoms with Gasteiger partial charge in [-0.05, 0) is 26.2 Å². The molecule has 0 fully saturated rings. The maximum absolute atomic E-state index is 12.6. The number of rotatable bonds is 4. The van der Waals surface area contributed by atoms with Crippen LogP contribution in [0.4, 0.5) is 0 Å². The first kappa shape index (κ1) is 14.3. The van der Waals surface area contributed by atoms with Crippen LogP contribution in [0.3, 0.4) is 0 Å². The summed E-state index contributed by atoms with van der Waals surface area (Å²) in [5, 5.41) is 4.61. The van der Waals surface area contributed by atoms with E-state index in [4.69, 9.17) is 4.74 Å². The van der Waals surface area contributed by atoms with Crippen molar-refractivity contribution in [2.45, 2.75) is 45.2 Å². The molecular weight excluding hydrogens is 266 g/mol. The van der Waals surface area contributed by atoms with E-state index in [2.05, 4.69) is 24.3 Å². The van der Waals surface area contributed by atoms with Crippen LogP contribution in [-0.2, 0) is 22.6 Å². The number of methoxy groups -OCH3 is 1. The molecule has 0 bridgehead atoms. The number of hydrogen-bond acceptors (Lipinski definition) is 3. The molecule has 3 rings (SSSR count). The Kier molecular flexibility index (Phi) is 4.10. The van der Waals surface area contributed by atoms with Crippen molar-refractivity contribution in [2.75, 3.05) is 20.3 Å². The fourth-order valence-corrected chi connectivity index (χ4v) is 3.28. The lowest BCUT2D eigenvalue weighted by molar-refractivity contribution is -0.128. The lowest BCUT2D eigenvalue weighted by Crippen LogP contribution is -2.39. The molecule has 0 saturated carbocycles. The third kappa shape index (κ3) is 2.75. The normalized spacial score (nSPS) is 21.3. The molecule has 0 aromatic carbocycles. The highest BCUT2D eigenvalue weighted by molar-refractivity contribution is 5.94. The maximum Gasteiger partial charge on any atom is 0.249 e. The lowest BCUT2D eigenvalue weighted by Gasteiger charge is -2.32. The van der Waals surface area contributed by atoms with Crippen LogP contribution >= 0.6 is 0 Å². The van der Waals surface area contributed by atoms with E-state index in [0.717, 1.165) is 43.6 Å². The predicted octanol–water partition coefficient (Wildman–Crippen LogP) is 2.09. The van der Waals surface area contributed by atoms with Gasteiger partial charge in [-0.2, -0.15) is 5.10 Å². The molecule has 5 nitrogen and oxygen atoms in total. The first-order valence-corrected chi connectivity index (χ1v) is 7.76. The molecule has 1 amide bonds. The van der Waals surface area contributed by atoms with Gasteiger partial charge in [-0.25, -0.2) is 0 Å². The van der Waals surface area contributed by atoms with Gasteiger partial charge in [0.05, 0.1) is 18.8 Å². The van der Waals surface area contributed by atoms with Crippen LogP contribution < -0.4 is 0 Å². The van der Waals surface area contributed by atoms with Crippen LogP contribution in [0.15, 0.2) is 17.8 Å². The van der Waals surface area contributed by atoms with E-state index in [0.29, 0.717) is 13.2 Å². The molecule has 2 heterocycles. The fourth-order valence-electron chi connectivity index (χ4n) is 3.28. The molecule has 5 heteroatoms. The quantitative estimate of drug-likeness (QED) is 0.852. The molecule has 0 N–H and O–H groups in total. The number of aryl methyl sites for hydroxylation is 1. The van der Waals surface area contributed by atoms with Crippen LogP contribution in [0.2, 0.25) is 0 Å². The predicted molar refractivity (Wildman–Crippen MR) is 79.9 cm³/mol. The Morgan fingerprint density at radius 3 is 3.05 bits per heavy atom. The Labute approximate surface area is 125 Å². The SMILES string of the molecule is CCn1cc2c(n1)CN(C(=O)C1=CCCC1)C[C@@H]2COC. The van der Waals surface area contributed by atoms with Gasteiger partial charge in [0.2, 0.25) is 5.91 Å². The summed E-state index contributed by atoms with van der Waals surface area (Å²) in [7, 11) is 1.71. The molecule has 2 aliphatic rings. The first-order valence-electron chi connectivity index (χ1n) is 7.76. The molecule has 1 aliphatic carbocycles. The Balaban J connectivity index is 1.84. The third-order valence-corrected chi connectivity index (χ3v) is 4.39. The van der Waals surface area contributed by atoms with Crippen molar-refractivity contribution in [1.82, 2.24) is 14.7 Å². The number of carbonyl (C=O) groups excluding carboxylic acids is 1. The fraction of sp³-hybridized carbons (Fsp3) is 0.625. The monoisotopic (exact) mass is 289 g/mol. The molecule has 0 saturated heterocycles. The number of allylic oxidation sites excluding steroid dienone is 1. The molecule has 0 radical (unpaired) electrons. The summed E-state index contributed by atoms with van der Waals surface area (Å²) in [6, 6.07) is 0. The second-order valence-corrected chi connectivity index (χ2v) is 5.85. The van der Waals surface area contributed by atoms with Gasteiger partial charge in [0, 0.05) is 43.5 Å². The number of nitrogens with zero attached hydrogens (tertiary/aromatic N) is 3. The van der Waals surface area contributed by atoms with Crippen LogP contribution in [0.5, 0.6) is 0 Å². The van der Waals surface area contributed by atoms with Gasteiger partial charge < -0.3 is 9.64 Å². The van der Waals surface area contributed by atoms with Gasteiger partial charge >= 0.3 is 0 Å². The Morgan fingerprint density at radius 2 is 2.38 bits per heavy atom. The minimum Gasteiger partial charge on any atom is -0.384 e. The number of hydrogen-bond donors (Lipinski definition) is 0. The molecule has 1 aliphatic heterocycles. The smallest absolute Gasteiger partial charge is 0.249 e. The van der Waals surface area contributed by atoms with Crippen molar-refractivity contribution in [3.8, 4) is 0 Å². The van der Waals surface area contributed by atoms with Gasteiger partial charge in [0.15, 0.2) is 0 Å². The van der Waals surface area contributed by atoms with Crippen molar-refractivity contribution >= 4 is 5.91 Å². The van der Waals surface area contributed by atoms with Gasteiger partial charge in [-0.15, -0.1) is 0 Å². The molecule has 114 valence electrons. The summed E-state index contributed by atoms with van der Waals surface area (Å²) >= 11 is 0. The van der Waals surface area contributed by atoms with Crippen molar-refractivity contribution < 1.29 is 9.53 Å². The lowest BCUT2D eigenvalue weighted by atomic mass is 9.95. The van der Waals surface area contributed by atoms with E-state index >= 15 is 0 Å². The van der Waals surface area contributed by atoms with E-state index in [1.54, 1.807) is 7.11 Å². The van der Waals surface area contributed by atoms with E-state index in [-0.39, 0.29) is 11.8 Å². The summed E-state index contributed by atoms with van der Waals surface area (Å²) in [4.78, 5) is 14.6. The van der Waals surface area contributed by atoms with E-state index in [1.807, 2.05) is 9.58 Å². The van der Waals surface area contributed by atoms with Crippen molar-refractivity contribution in [1.29, 1.82) is 0 Å². The molecule has 21 heavy (non-hydrogen) atoms. The molecule has 0 unspecified atom stereocenters. The van der Waals surface area contributed by atoms with Gasteiger partial charge in [-0.1, -0.05) is 6.08 Å². The topological polar surface area (TPSA) is 47.4 Å². The van der Waals surface area contributed by atoms with E-state index in [9.17, 15) is 4.79 Å². The minimum atomic E-state index is 0.185. The van der Waals surface area contributed by atoms with Crippen molar-refractivity contribution in [2.24, 2.45) is 0 Å². The molecular formula is C16H23N3O2. The minimum absolute atomic E-state index is 0.185. The second-order valence-electron chi connectivity index (χ2n) is 5.85. The summed E-state index contributed by atoms with van der Waals surface area (Å²) < 4.78 is 7.30. The van der Waals surface area contributed by atoms with Crippen molar-refractivity contribution in [3.63, 3.8) is 0 Å². The summed E-state index contributed by atoms with van der Waals surface area (Å²) in [6.45, 7) is 4.91. The highest BCUT2D eigenvalue weighted by Gasteiger charge is 2.32. The largest absolute Gasteiger partial charge is 0.384 e. The third-order valence-electron chi connectivity index (χ3n) is 4.39. The molecule has 1 aromatic rings. The van der Waals surface area contributed by atoms with Gasteiger partial charge in [0.1, 0.15) is 0 Å². The summed E-state index contributed by atoms with van der Waals surface area (Å²) in [6.07, 6.45) is 7.25. The van der Waals surface area contributed by atoms with Gasteiger partial charge in [0.25, 0.3) is 0 Å². The first-order chi connectivity index (χ1) is 10.2. The van der Waals surface area contributed by atoms with Gasteiger partial charge in [-0.3, -0.25) is 9.48 Å². The maximum atomic E-state index is 12.6. The average molecular weight is 289 g/mol. The Bertz CT molecular complexity index is 562. The zero-order chi connectivity index (χ0) is 14.8.